The number of carbonyl (C=O) groups excluding carboxylic acids is 1. The zero-order valence-corrected chi connectivity index (χ0v) is 13.2. The second-order valence-electron chi connectivity index (χ2n) is 5.62. The molecule has 2 aromatic heterocycles. The Morgan fingerprint density at radius 3 is 2.61 bits per heavy atom. The van der Waals surface area contributed by atoms with Crippen LogP contribution in [-0.2, 0) is 0 Å². The number of aromatic nitrogens is 2. The Hall–Kier alpha value is -3.02. The lowest BCUT2D eigenvalue weighted by Gasteiger charge is -2.14. The van der Waals surface area contributed by atoms with Crippen LogP contribution in [0.4, 0.5) is 5.69 Å². The Balaban J connectivity index is 2.52. The number of rotatable bonds is 2. The third-order valence-electron chi connectivity index (χ3n) is 4.27. The first-order chi connectivity index (χ1) is 10.8. The molecule has 0 bridgehead atoms. The maximum atomic E-state index is 11.8. The minimum absolute atomic E-state index is 0.157. The molecule has 0 saturated heterocycles. The van der Waals surface area contributed by atoms with Crippen LogP contribution in [0.5, 0.6) is 5.75 Å². The van der Waals surface area contributed by atoms with E-state index in [0.29, 0.717) is 16.8 Å². The van der Waals surface area contributed by atoms with Gasteiger partial charge in [0.2, 0.25) is 0 Å². The first-order valence-corrected chi connectivity index (χ1v) is 7.19. The number of hydrogen-bond donors (Lipinski definition) is 3. The van der Waals surface area contributed by atoms with Crippen LogP contribution in [-0.4, -0.2) is 20.4 Å². The second-order valence-corrected chi connectivity index (χ2v) is 5.62. The van der Waals surface area contributed by atoms with E-state index in [0.717, 1.165) is 17.0 Å². The lowest BCUT2D eigenvalue weighted by molar-refractivity contribution is 0.100. The Labute approximate surface area is 133 Å². The van der Waals surface area contributed by atoms with E-state index in [1.54, 1.807) is 25.3 Å². The molecule has 0 atom stereocenters. The SMILES string of the molecule is Cc1nc2c(-c3cccc(O)c3C)c(N)c(C(N)=O)cn2c1C. The van der Waals surface area contributed by atoms with Crippen molar-refractivity contribution in [2.75, 3.05) is 5.73 Å². The molecule has 118 valence electrons. The van der Waals surface area contributed by atoms with Gasteiger partial charge in [-0.05, 0) is 38.0 Å². The molecule has 23 heavy (non-hydrogen) atoms. The molecular weight excluding hydrogens is 292 g/mol. The highest BCUT2D eigenvalue weighted by Crippen LogP contribution is 2.37. The maximum Gasteiger partial charge on any atom is 0.252 e. The summed E-state index contributed by atoms with van der Waals surface area (Å²) in [5, 5.41) is 10.0. The average Bonchev–Trinajstić information content (AvgIpc) is 2.77. The summed E-state index contributed by atoms with van der Waals surface area (Å²) in [7, 11) is 0. The summed E-state index contributed by atoms with van der Waals surface area (Å²) in [6.45, 7) is 5.59. The van der Waals surface area contributed by atoms with Gasteiger partial charge in [0.15, 0.2) is 0 Å². The molecule has 0 aliphatic carbocycles. The first kappa shape index (κ1) is 14.9. The number of nitrogen functional groups attached to an aromatic ring is 1. The zero-order chi connectivity index (χ0) is 16.9. The predicted octanol–water partition coefficient (Wildman–Crippen LogP) is 2.31. The van der Waals surface area contributed by atoms with Crippen LogP contribution in [0, 0.1) is 20.8 Å². The minimum atomic E-state index is -0.603. The van der Waals surface area contributed by atoms with Gasteiger partial charge in [0.25, 0.3) is 5.91 Å². The summed E-state index contributed by atoms with van der Waals surface area (Å²) in [6, 6.07) is 5.17. The van der Waals surface area contributed by atoms with Gasteiger partial charge in [-0.25, -0.2) is 4.98 Å². The summed E-state index contributed by atoms with van der Waals surface area (Å²) in [4.78, 5) is 16.3. The number of phenols is 1. The average molecular weight is 310 g/mol. The highest BCUT2D eigenvalue weighted by Gasteiger charge is 2.21. The van der Waals surface area contributed by atoms with Crippen LogP contribution in [0.15, 0.2) is 24.4 Å². The Morgan fingerprint density at radius 1 is 1.26 bits per heavy atom. The highest BCUT2D eigenvalue weighted by molar-refractivity contribution is 6.04. The van der Waals surface area contributed by atoms with E-state index < -0.39 is 5.91 Å². The number of hydrogen-bond acceptors (Lipinski definition) is 4. The number of imidazole rings is 1. The molecule has 0 radical (unpaired) electrons. The quantitative estimate of drug-likeness (QED) is 0.675. The van der Waals surface area contributed by atoms with Gasteiger partial charge in [-0.3, -0.25) is 4.79 Å². The van der Waals surface area contributed by atoms with E-state index in [1.165, 1.54) is 0 Å². The second kappa shape index (κ2) is 5.01. The molecule has 0 spiro atoms. The molecule has 6 heteroatoms. The van der Waals surface area contributed by atoms with Gasteiger partial charge in [-0.15, -0.1) is 0 Å². The van der Waals surface area contributed by atoms with Crippen LogP contribution in [0.3, 0.4) is 0 Å². The van der Waals surface area contributed by atoms with Crippen molar-refractivity contribution >= 4 is 17.2 Å². The maximum absolute atomic E-state index is 11.8. The molecule has 0 saturated carbocycles. The smallest absolute Gasteiger partial charge is 0.252 e. The normalized spacial score (nSPS) is 11.1. The number of fused-ring (bicyclic) bond motifs is 1. The van der Waals surface area contributed by atoms with Gasteiger partial charge in [-0.2, -0.15) is 0 Å². The molecular formula is C17H18N4O2. The van der Waals surface area contributed by atoms with Crippen molar-refractivity contribution in [1.82, 2.24) is 9.38 Å². The Morgan fingerprint density at radius 2 is 1.96 bits per heavy atom. The molecule has 3 aromatic rings. The van der Waals surface area contributed by atoms with Crippen molar-refractivity contribution in [2.45, 2.75) is 20.8 Å². The molecule has 0 aliphatic heterocycles. The fraction of sp³-hybridized carbons (Fsp3) is 0.176. The van der Waals surface area contributed by atoms with Crippen molar-refractivity contribution in [3.05, 3.63) is 46.9 Å². The Bertz CT molecular complexity index is 957. The predicted molar refractivity (Wildman–Crippen MR) is 89.4 cm³/mol. The molecule has 0 fully saturated rings. The van der Waals surface area contributed by atoms with Crippen LogP contribution in [0.2, 0.25) is 0 Å². The van der Waals surface area contributed by atoms with Gasteiger partial charge in [0.1, 0.15) is 11.4 Å². The van der Waals surface area contributed by atoms with Gasteiger partial charge in [0.05, 0.1) is 16.9 Å². The van der Waals surface area contributed by atoms with Crippen molar-refractivity contribution < 1.29 is 9.90 Å². The van der Waals surface area contributed by atoms with Crippen molar-refractivity contribution in [2.24, 2.45) is 5.73 Å². The number of pyridine rings is 1. The first-order valence-electron chi connectivity index (χ1n) is 7.19. The monoisotopic (exact) mass is 310 g/mol. The molecule has 1 amide bonds. The third-order valence-corrected chi connectivity index (χ3v) is 4.27. The van der Waals surface area contributed by atoms with E-state index >= 15 is 0 Å². The van der Waals surface area contributed by atoms with E-state index in [4.69, 9.17) is 11.5 Å². The minimum Gasteiger partial charge on any atom is -0.508 e. The highest BCUT2D eigenvalue weighted by atomic mass is 16.3. The summed E-state index contributed by atoms with van der Waals surface area (Å²) < 4.78 is 1.81. The lowest BCUT2D eigenvalue weighted by Crippen LogP contribution is -2.16. The van der Waals surface area contributed by atoms with Crippen LogP contribution >= 0.6 is 0 Å². The van der Waals surface area contributed by atoms with Crippen molar-refractivity contribution in [1.29, 1.82) is 0 Å². The molecule has 0 aliphatic rings. The molecule has 6 nitrogen and oxygen atoms in total. The molecule has 1 aromatic carbocycles. The number of phenolic OH excluding ortho intramolecular Hbond substituents is 1. The van der Waals surface area contributed by atoms with E-state index in [2.05, 4.69) is 4.98 Å². The molecule has 3 rings (SSSR count). The van der Waals surface area contributed by atoms with Gasteiger partial charge < -0.3 is 21.0 Å². The third kappa shape index (κ3) is 2.11. The number of nitrogens with zero attached hydrogens (tertiary/aromatic N) is 2. The fourth-order valence-electron chi connectivity index (χ4n) is 2.77. The molecule has 5 N–H and O–H groups in total. The van der Waals surface area contributed by atoms with Gasteiger partial charge >= 0.3 is 0 Å². The topological polar surface area (TPSA) is 107 Å². The van der Waals surface area contributed by atoms with Gasteiger partial charge in [-0.1, -0.05) is 12.1 Å². The number of anilines is 1. The van der Waals surface area contributed by atoms with Crippen molar-refractivity contribution in [3.63, 3.8) is 0 Å². The Kier molecular flexibility index (Phi) is 3.25. The van der Waals surface area contributed by atoms with Crippen LogP contribution in [0.25, 0.3) is 16.8 Å². The number of carbonyl (C=O) groups is 1. The lowest BCUT2D eigenvalue weighted by atomic mass is 9.97. The molecule has 2 heterocycles. The number of benzene rings is 1. The summed E-state index contributed by atoms with van der Waals surface area (Å²) in [5.41, 5.74) is 16.6. The number of amides is 1. The van der Waals surface area contributed by atoms with Crippen molar-refractivity contribution in [3.8, 4) is 16.9 Å². The standard InChI is InChI=1S/C17H18N4O2/c1-8-11(5-4-6-13(8)22)14-15(18)12(16(19)23)7-21-10(3)9(2)20-17(14)21/h4-7,22H,18H2,1-3H3,(H2,19,23). The summed E-state index contributed by atoms with van der Waals surface area (Å²) in [6.07, 6.45) is 1.62. The van der Waals surface area contributed by atoms with Gasteiger partial charge in [0, 0.05) is 17.5 Å². The fourth-order valence-corrected chi connectivity index (χ4v) is 2.77. The number of primary amides is 1. The molecule has 0 unspecified atom stereocenters. The zero-order valence-electron chi connectivity index (χ0n) is 13.2. The summed E-state index contributed by atoms with van der Waals surface area (Å²) in [5.74, 6) is -0.446. The number of nitrogens with two attached hydrogens (primary N) is 2. The largest absolute Gasteiger partial charge is 0.508 e. The number of aromatic hydroxyl groups is 1. The van der Waals surface area contributed by atoms with Crippen LogP contribution < -0.4 is 11.5 Å². The summed E-state index contributed by atoms with van der Waals surface area (Å²) >= 11 is 0. The van der Waals surface area contributed by atoms with E-state index in [9.17, 15) is 9.90 Å². The van der Waals surface area contributed by atoms with Crippen LogP contribution in [0.1, 0.15) is 27.3 Å². The number of aryl methyl sites for hydroxylation is 2. The van der Waals surface area contributed by atoms with E-state index in [-0.39, 0.29) is 17.0 Å². The van der Waals surface area contributed by atoms with E-state index in [1.807, 2.05) is 24.3 Å².